The maximum atomic E-state index is 9.04. The lowest BCUT2D eigenvalue weighted by Gasteiger charge is -2.19. The molecule has 0 amide bonds. The highest BCUT2D eigenvalue weighted by Crippen LogP contribution is 2.30. The van der Waals surface area contributed by atoms with E-state index < -0.39 is 0 Å². The molecular weight excluding hydrogens is 184 g/mol. The van der Waals surface area contributed by atoms with Gasteiger partial charge in [-0.3, -0.25) is 0 Å². The quantitative estimate of drug-likeness (QED) is 0.723. The van der Waals surface area contributed by atoms with Crippen LogP contribution in [0.1, 0.15) is 13.8 Å². The van der Waals surface area contributed by atoms with Crippen molar-refractivity contribution in [1.82, 2.24) is 4.98 Å². The second kappa shape index (κ2) is 3.98. The fourth-order valence-corrected chi connectivity index (χ4v) is 1.74. The zero-order valence-electron chi connectivity index (χ0n) is 7.82. The molecule has 72 valence electrons. The largest absolute Gasteiger partial charge is 0.399 e. The topological polar surface area (TPSA) is 59.1 Å². The molecule has 0 spiro atoms. The Balaban J connectivity index is 2.74. The van der Waals surface area contributed by atoms with E-state index in [2.05, 4.69) is 4.98 Å². The van der Waals surface area contributed by atoms with E-state index in [0.717, 1.165) is 5.03 Å². The number of thioether (sulfide) groups is 1. The summed E-state index contributed by atoms with van der Waals surface area (Å²) < 4.78 is -0.208. The molecule has 1 rings (SSSR count). The average Bonchev–Trinajstić information content (AvgIpc) is 2.03. The molecule has 0 saturated carbocycles. The predicted molar refractivity (Wildman–Crippen MR) is 55.7 cm³/mol. The van der Waals surface area contributed by atoms with Gasteiger partial charge >= 0.3 is 0 Å². The Kier molecular flexibility index (Phi) is 3.17. The Hall–Kier alpha value is -0.740. The maximum Gasteiger partial charge on any atom is 0.0986 e. The van der Waals surface area contributed by atoms with Gasteiger partial charge in [0, 0.05) is 16.6 Å². The van der Waals surface area contributed by atoms with Crippen molar-refractivity contribution in [3.05, 3.63) is 18.3 Å². The van der Waals surface area contributed by atoms with Crippen molar-refractivity contribution in [2.24, 2.45) is 0 Å². The summed E-state index contributed by atoms with van der Waals surface area (Å²) in [4.78, 5) is 4.14. The summed E-state index contributed by atoms with van der Waals surface area (Å²) >= 11 is 1.52. The monoisotopic (exact) mass is 198 g/mol. The van der Waals surface area contributed by atoms with E-state index in [1.165, 1.54) is 11.8 Å². The Morgan fingerprint density at radius 1 is 1.62 bits per heavy atom. The highest BCUT2D eigenvalue weighted by atomic mass is 32.2. The van der Waals surface area contributed by atoms with Gasteiger partial charge in [0.05, 0.1) is 11.6 Å². The van der Waals surface area contributed by atoms with Crippen LogP contribution in [-0.4, -0.2) is 21.4 Å². The molecule has 3 N–H and O–H groups in total. The van der Waals surface area contributed by atoms with E-state index in [1.807, 2.05) is 19.9 Å². The summed E-state index contributed by atoms with van der Waals surface area (Å²) in [6.45, 7) is 4.04. The minimum absolute atomic E-state index is 0.119. The fourth-order valence-electron chi connectivity index (χ4n) is 0.796. The van der Waals surface area contributed by atoms with Crippen molar-refractivity contribution in [2.45, 2.75) is 23.6 Å². The van der Waals surface area contributed by atoms with Gasteiger partial charge in [-0.15, -0.1) is 0 Å². The number of aliphatic hydroxyl groups is 1. The number of nitrogen functional groups attached to an aromatic ring is 1. The van der Waals surface area contributed by atoms with Crippen molar-refractivity contribution >= 4 is 17.4 Å². The third kappa shape index (κ3) is 3.24. The van der Waals surface area contributed by atoms with Crippen LogP contribution in [0.25, 0.3) is 0 Å². The summed E-state index contributed by atoms with van der Waals surface area (Å²) in [5, 5.41) is 9.89. The lowest BCUT2D eigenvalue weighted by atomic mass is 10.2. The van der Waals surface area contributed by atoms with E-state index in [4.69, 9.17) is 10.8 Å². The second-order valence-electron chi connectivity index (χ2n) is 3.45. The molecule has 0 saturated heterocycles. The van der Waals surface area contributed by atoms with Crippen LogP contribution in [0.5, 0.6) is 0 Å². The summed E-state index contributed by atoms with van der Waals surface area (Å²) in [7, 11) is 0. The molecule has 1 aromatic heterocycles. The van der Waals surface area contributed by atoms with Crippen molar-refractivity contribution in [2.75, 3.05) is 12.3 Å². The van der Waals surface area contributed by atoms with E-state index in [1.54, 1.807) is 12.3 Å². The smallest absolute Gasteiger partial charge is 0.0986 e. The first-order chi connectivity index (χ1) is 6.03. The van der Waals surface area contributed by atoms with E-state index in [-0.39, 0.29) is 11.4 Å². The van der Waals surface area contributed by atoms with Crippen molar-refractivity contribution in [3.63, 3.8) is 0 Å². The van der Waals surface area contributed by atoms with Gasteiger partial charge in [-0.05, 0) is 26.0 Å². The van der Waals surface area contributed by atoms with Crippen LogP contribution in [0.3, 0.4) is 0 Å². The van der Waals surface area contributed by atoms with Crippen molar-refractivity contribution in [3.8, 4) is 0 Å². The number of anilines is 1. The van der Waals surface area contributed by atoms with Crippen LogP contribution in [0.2, 0.25) is 0 Å². The third-order valence-corrected chi connectivity index (χ3v) is 2.63. The number of pyridine rings is 1. The number of aliphatic hydroxyl groups excluding tert-OH is 1. The number of hydrogen-bond donors (Lipinski definition) is 2. The SMILES string of the molecule is CC(C)(CO)Sc1cc(N)ccn1. The van der Waals surface area contributed by atoms with Crippen molar-refractivity contribution < 1.29 is 5.11 Å². The Labute approximate surface area is 82.4 Å². The lowest BCUT2D eigenvalue weighted by Crippen LogP contribution is -2.19. The van der Waals surface area contributed by atoms with Gasteiger partial charge in [0.2, 0.25) is 0 Å². The minimum atomic E-state index is -0.208. The molecule has 13 heavy (non-hydrogen) atoms. The summed E-state index contributed by atoms with van der Waals surface area (Å²) in [6.07, 6.45) is 1.67. The zero-order chi connectivity index (χ0) is 9.90. The highest BCUT2D eigenvalue weighted by Gasteiger charge is 2.18. The molecule has 0 bridgehead atoms. The van der Waals surface area contributed by atoms with Crippen LogP contribution < -0.4 is 5.73 Å². The molecule has 1 heterocycles. The summed E-state index contributed by atoms with van der Waals surface area (Å²) in [6, 6.07) is 3.55. The Bertz CT molecular complexity index is 289. The predicted octanol–water partition coefficient (Wildman–Crippen LogP) is 1.53. The minimum Gasteiger partial charge on any atom is -0.399 e. The molecule has 1 aromatic rings. The normalized spacial score (nSPS) is 11.6. The van der Waals surface area contributed by atoms with Gasteiger partial charge in [0.1, 0.15) is 0 Å². The second-order valence-corrected chi connectivity index (χ2v) is 5.17. The molecule has 0 aliphatic carbocycles. The van der Waals surface area contributed by atoms with Gasteiger partial charge in [0.15, 0.2) is 0 Å². The number of aromatic nitrogens is 1. The lowest BCUT2D eigenvalue weighted by molar-refractivity contribution is 0.265. The van der Waals surface area contributed by atoms with Crippen LogP contribution in [0.15, 0.2) is 23.4 Å². The average molecular weight is 198 g/mol. The number of rotatable bonds is 3. The molecular formula is C9H14N2OS. The molecule has 3 nitrogen and oxygen atoms in total. The first kappa shape index (κ1) is 10.3. The Morgan fingerprint density at radius 2 is 2.31 bits per heavy atom. The first-order valence-corrected chi connectivity index (χ1v) is 4.86. The molecule has 0 fully saturated rings. The molecule has 0 aliphatic rings. The molecule has 0 radical (unpaired) electrons. The van der Waals surface area contributed by atoms with Gasteiger partial charge in [-0.25, -0.2) is 4.98 Å². The van der Waals surface area contributed by atoms with E-state index >= 15 is 0 Å². The zero-order valence-corrected chi connectivity index (χ0v) is 8.64. The van der Waals surface area contributed by atoms with E-state index in [0.29, 0.717) is 5.69 Å². The molecule has 0 atom stereocenters. The number of nitrogens with two attached hydrogens (primary N) is 1. The number of nitrogens with zero attached hydrogens (tertiary/aromatic N) is 1. The molecule has 0 aliphatic heterocycles. The van der Waals surface area contributed by atoms with E-state index in [9.17, 15) is 0 Å². The van der Waals surface area contributed by atoms with Crippen LogP contribution in [0.4, 0.5) is 5.69 Å². The van der Waals surface area contributed by atoms with Crippen molar-refractivity contribution in [1.29, 1.82) is 0 Å². The van der Waals surface area contributed by atoms with Gasteiger partial charge < -0.3 is 10.8 Å². The summed E-state index contributed by atoms with van der Waals surface area (Å²) in [5.74, 6) is 0. The van der Waals surface area contributed by atoms with Gasteiger partial charge in [-0.1, -0.05) is 11.8 Å². The molecule has 0 aromatic carbocycles. The number of hydrogen-bond acceptors (Lipinski definition) is 4. The standard InChI is InChI=1S/C9H14N2OS/c1-9(2,6-12)13-8-5-7(10)3-4-11-8/h3-5,12H,6H2,1-2H3,(H2,10,11). The van der Waals surface area contributed by atoms with Gasteiger partial charge in [0.25, 0.3) is 0 Å². The first-order valence-electron chi connectivity index (χ1n) is 4.05. The van der Waals surface area contributed by atoms with Crippen LogP contribution in [0, 0.1) is 0 Å². The van der Waals surface area contributed by atoms with Crippen LogP contribution in [-0.2, 0) is 0 Å². The van der Waals surface area contributed by atoms with Gasteiger partial charge in [-0.2, -0.15) is 0 Å². The highest BCUT2D eigenvalue weighted by molar-refractivity contribution is 8.00. The maximum absolute atomic E-state index is 9.04. The fraction of sp³-hybridized carbons (Fsp3) is 0.444. The third-order valence-electron chi connectivity index (χ3n) is 1.52. The summed E-state index contributed by atoms with van der Waals surface area (Å²) in [5.41, 5.74) is 6.30. The van der Waals surface area contributed by atoms with Crippen LogP contribution >= 0.6 is 11.8 Å². The molecule has 0 unspecified atom stereocenters. The Morgan fingerprint density at radius 3 is 2.85 bits per heavy atom. The molecule has 4 heteroatoms.